The van der Waals surface area contributed by atoms with Crippen LogP contribution in [0.5, 0.6) is 0 Å². The van der Waals surface area contributed by atoms with Gasteiger partial charge in [-0.15, -0.1) is 0 Å². The van der Waals surface area contributed by atoms with Gasteiger partial charge in [0.25, 0.3) is 11.5 Å². The molecule has 1 aliphatic rings. The molecule has 7 nitrogen and oxygen atoms in total. The quantitative estimate of drug-likeness (QED) is 0.461. The van der Waals surface area contributed by atoms with E-state index in [4.69, 9.17) is 0 Å². The van der Waals surface area contributed by atoms with Gasteiger partial charge in [0, 0.05) is 31.3 Å². The number of nitrogens with zero attached hydrogens (tertiary/aromatic N) is 1. The SMILES string of the molecule is O=C(CCCNC(=O)c1cccn(Cc2ccc(F)c(F)c2)c1=O)Cc1ccc2c(c1)CC(=O)N2. The molecule has 2 aromatic carbocycles. The first-order chi connectivity index (χ1) is 16.8. The molecule has 0 atom stereocenters. The molecule has 35 heavy (non-hydrogen) atoms. The number of nitrogens with one attached hydrogen (secondary N) is 2. The number of ketones is 1. The third-order valence-corrected chi connectivity index (χ3v) is 5.72. The minimum atomic E-state index is -1.01. The second-order valence-electron chi connectivity index (χ2n) is 8.39. The summed E-state index contributed by atoms with van der Waals surface area (Å²) < 4.78 is 27.8. The number of anilines is 1. The van der Waals surface area contributed by atoms with Crippen LogP contribution in [-0.2, 0) is 29.0 Å². The number of carbonyl (C=O) groups excluding carboxylic acids is 3. The fourth-order valence-corrected chi connectivity index (χ4v) is 3.96. The Morgan fingerprint density at radius 3 is 2.60 bits per heavy atom. The van der Waals surface area contributed by atoms with Crippen molar-refractivity contribution < 1.29 is 23.2 Å². The fourth-order valence-electron chi connectivity index (χ4n) is 3.96. The van der Waals surface area contributed by atoms with Crippen LogP contribution >= 0.6 is 0 Å². The van der Waals surface area contributed by atoms with Crippen LogP contribution < -0.4 is 16.2 Å². The van der Waals surface area contributed by atoms with Gasteiger partial charge in [-0.1, -0.05) is 18.2 Å². The summed E-state index contributed by atoms with van der Waals surface area (Å²) in [5.41, 5.74) is 2.23. The maximum atomic E-state index is 13.4. The molecule has 0 unspecified atom stereocenters. The smallest absolute Gasteiger partial charge is 0.263 e. The van der Waals surface area contributed by atoms with E-state index in [9.17, 15) is 28.0 Å². The van der Waals surface area contributed by atoms with Gasteiger partial charge in [-0.05, 0) is 53.4 Å². The van der Waals surface area contributed by atoms with Crippen LogP contribution in [0.4, 0.5) is 14.5 Å². The van der Waals surface area contributed by atoms with E-state index >= 15 is 0 Å². The lowest BCUT2D eigenvalue weighted by Gasteiger charge is -2.09. The molecule has 0 bridgehead atoms. The van der Waals surface area contributed by atoms with E-state index < -0.39 is 23.1 Å². The zero-order valence-corrected chi connectivity index (χ0v) is 18.8. The van der Waals surface area contributed by atoms with Crippen molar-refractivity contribution in [3.05, 3.63) is 99.0 Å². The molecule has 3 aromatic rings. The summed E-state index contributed by atoms with van der Waals surface area (Å²) in [4.78, 5) is 48.9. The summed E-state index contributed by atoms with van der Waals surface area (Å²) in [5, 5.41) is 5.40. The number of halogens is 2. The number of fused-ring (bicyclic) bond motifs is 1. The van der Waals surface area contributed by atoms with Crippen molar-refractivity contribution in [1.82, 2.24) is 9.88 Å². The Morgan fingerprint density at radius 1 is 1.00 bits per heavy atom. The molecule has 1 aromatic heterocycles. The number of benzene rings is 2. The molecule has 1 aliphatic heterocycles. The number of Topliss-reactive ketones (excluding diaryl/α,β-unsaturated/α-hetero) is 1. The molecule has 2 amide bonds. The van der Waals surface area contributed by atoms with Crippen LogP contribution in [0, 0.1) is 11.6 Å². The lowest BCUT2D eigenvalue weighted by molar-refractivity contribution is -0.118. The Hall–Kier alpha value is -4.14. The van der Waals surface area contributed by atoms with Crippen molar-refractivity contribution >= 4 is 23.3 Å². The van der Waals surface area contributed by atoms with Gasteiger partial charge in [-0.25, -0.2) is 8.78 Å². The topological polar surface area (TPSA) is 97.3 Å². The van der Waals surface area contributed by atoms with E-state index in [2.05, 4.69) is 10.6 Å². The molecule has 2 N–H and O–H groups in total. The van der Waals surface area contributed by atoms with Crippen LogP contribution in [0.2, 0.25) is 0 Å². The highest BCUT2D eigenvalue weighted by Gasteiger charge is 2.18. The molecule has 0 aliphatic carbocycles. The van der Waals surface area contributed by atoms with Crippen molar-refractivity contribution in [2.24, 2.45) is 0 Å². The van der Waals surface area contributed by atoms with Gasteiger partial charge in [0.05, 0.1) is 13.0 Å². The van der Waals surface area contributed by atoms with E-state index in [0.29, 0.717) is 18.4 Å². The van der Waals surface area contributed by atoms with E-state index in [0.717, 1.165) is 28.9 Å². The average molecular weight is 479 g/mol. The highest BCUT2D eigenvalue weighted by Crippen LogP contribution is 2.24. The monoisotopic (exact) mass is 479 g/mol. The zero-order chi connectivity index (χ0) is 24.9. The summed E-state index contributed by atoms with van der Waals surface area (Å²) in [7, 11) is 0. The molecule has 4 rings (SSSR count). The number of pyridine rings is 1. The van der Waals surface area contributed by atoms with Crippen LogP contribution in [0.25, 0.3) is 0 Å². The Balaban J connectivity index is 1.27. The first-order valence-corrected chi connectivity index (χ1v) is 11.1. The van der Waals surface area contributed by atoms with Crippen LogP contribution in [0.15, 0.2) is 59.5 Å². The molecule has 0 fully saturated rings. The van der Waals surface area contributed by atoms with Crippen LogP contribution in [0.3, 0.4) is 0 Å². The summed E-state index contributed by atoms with van der Waals surface area (Å²) in [6, 6.07) is 11.7. The van der Waals surface area contributed by atoms with E-state index in [-0.39, 0.29) is 43.2 Å². The highest BCUT2D eigenvalue weighted by molar-refractivity contribution is 5.99. The third kappa shape index (κ3) is 5.87. The van der Waals surface area contributed by atoms with Gasteiger partial charge < -0.3 is 15.2 Å². The Labute approximate surface area is 199 Å². The maximum Gasteiger partial charge on any atom is 0.263 e. The number of amides is 2. The third-order valence-electron chi connectivity index (χ3n) is 5.72. The molecular weight excluding hydrogens is 456 g/mol. The number of hydrogen-bond donors (Lipinski definition) is 2. The van der Waals surface area contributed by atoms with Gasteiger partial charge >= 0.3 is 0 Å². The number of aromatic nitrogens is 1. The lowest BCUT2D eigenvalue weighted by atomic mass is 10.0. The first-order valence-electron chi connectivity index (χ1n) is 11.1. The molecule has 0 spiro atoms. The Morgan fingerprint density at radius 2 is 1.80 bits per heavy atom. The summed E-state index contributed by atoms with van der Waals surface area (Å²) in [5.74, 6) is -2.62. The molecule has 9 heteroatoms. The van der Waals surface area contributed by atoms with Gasteiger partial charge in [0.2, 0.25) is 5.91 Å². The number of hydrogen-bond acceptors (Lipinski definition) is 4. The largest absolute Gasteiger partial charge is 0.352 e. The van der Waals surface area contributed by atoms with Gasteiger partial charge in [-0.3, -0.25) is 19.2 Å². The van der Waals surface area contributed by atoms with Gasteiger partial charge in [-0.2, -0.15) is 0 Å². The standard InChI is InChI=1S/C26H23F2N3O4/c27-21-7-5-17(13-22(21)28)15-31-10-2-4-20(26(31)35)25(34)29-9-1-3-19(32)12-16-6-8-23-18(11-16)14-24(33)30-23/h2,4-8,10-11,13H,1,3,9,12,14-15H2,(H,29,34)(H,30,33). The van der Waals surface area contributed by atoms with Crippen molar-refractivity contribution in [3.63, 3.8) is 0 Å². The summed E-state index contributed by atoms with van der Waals surface area (Å²) in [6.07, 6.45) is 2.67. The second kappa shape index (κ2) is 10.4. The normalized spacial score (nSPS) is 12.2. The van der Waals surface area contributed by atoms with Crippen molar-refractivity contribution in [1.29, 1.82) is 0 Å². The molecular formula is C26H23F2N3O4. The van der Waals surface area contributed by atoms with Crippen molar-refractivity contribution in [2.45, 2.75) is 32.2 Å². The number of rotatable bonds is 9. The van der Waals surface area contributed by atoms with Crippen LogP contribution in [0.1, 0.15) is 39.9 Å². The fraction of sp³-hybridized carbons (Fsp3) is 0.231. The highest BCUT2D eigenvalue weighted by atomic mass is 19.2. The second-order valence-corrected chi connectivity index (χ2v) is 8.39. The van der Waals surface area contributed by atoms with E-state index in [1.807, 2.05) is 12.1 Å². The van der Waals surface area contributed by atoms with E-state index in [1.165, 1.54) is 29.0 Å². The minimum Gasteiger partial charge on any atom is -0.352 e. The van der Waals surface area contributed by atoms with Gasteiger partial charge in [0.1, 0.15) is 11.3 Å². The van der Waals surface area contributed by atoms with Crippen LogP contribution in [-0.4, -0.2) is 28.7 Å². The van der Waals surface area contributed by atoms with Gasteiger partial charge in [0.15, 0.2) is 11.6 Å². The van der Waals surface area contributed by atoms with E-state index in [1.54, 1.807) is 6.07 Å². The maximum absolute atomic E-state index is 13.4. The van der Waals surface area contributed by atoms with Crippen molar-refractivity contribution in [3.8, 4) is 0 Å². The zero-order valence-electron chi connectivity index (χ0n) is 18.8. The molecule has 0 saturated carbocycles. The summed E-state index contributed by atoms with van der Waals surface area (Å²) in [6.45, 7) is 0.198. The Kier molecular flexibility index (Phi) is 7.14. The number of carbonyl (C=O) groups is 3. The predicted octanol–water partition coefficient (Wildman–Crippen LogP) is 2.99. The molecule has 180 valence electrons. The summed E-state index contributed by atoms with van der Waals surface area (Å²) >= 11 is 0. The first kappa shape index (κ1) is 24.0. The van der Waals surface area contributed by atoms with Crippen molar-refractivity contribution in [2.75, 3.05) is 11.9 Å². The molecule has 0 radical (unpaired) electrons. The molecule has 2 heterocycles. The minimum absolute atomic E-state index is 0.00470. The lowest BCUT2D eigenvalue weighted by Crippen LogP contribution is -2.33. The predicted molar refractivity (Wildman–Crippen MR) is 125 cm³/mol. The Bertz CT molecular complexity index is 1370. The average Bonchev–Trinajstić information content (AvgIpc) is 3.19. The molecule has 0 saturated heterocycles.